The molecule has 1 saturated heterocycles. The van der Waals surface area contributed by atoms with Crippen LogP contribution in [0.1, 0.15) is 12.5 Å². The Morgan fingerprint density at radius 1 is 1.12 bits per heavy atom. The Hall–Kier alpha value is -2.09. The van der Waals surface area contributed by atoms with Crippen LogP contribution in [-0.4, -0.2) is 57.7 Å². The lowest BCUT2D eigenvalue weighted by Gasteiger charge is -2.34. The van der Waals surface area contributed by atoms with Crippen molar-refractivity contribution in [3.05, 3.63) is 46.1 Å². The summed E-state index contributed by atoms with van der Waals surface area (Å²) in [5.74, 6) is 0.139. The van der Waals surface area contributed by atoms with Crippen molar-refractivity contribution in [2.45, 2.75) is 13.5 Å². The van der Waals surface area contributed by atoms with Gasteiger partial charge in [0.1, 0.15) is 0 Å². The molecule has 1 fully saturated rings. The van der Waals surface area contributed by atoms with Crippen LogP contribution in [0.15, 0.2) is 30.5 Å². The van der Waals surface area contributed by atoms with Gasteiger partial charge in [-0.1, -0.05) is 23.2 Å². The quantitative estimate of drug-likeness (QED) is 0.866. The van der Waals surface area contributed by atoms with Crippen LogP contribution in [0.5, 0.6) is 0 Å². The molecule has 1 aliphatic heterocycles. The molecule has 0 aliphatic carbocycles. The Labute approximate surface area is 161 Å². The summed E-state index contributed by atoms with van der Waals surface area (Å²) < 4.78 is 1.25. The lowest BCUT2D eigenvalue weighted by molar-refractivity contribution is -0.114. The number of benzene rings is 1. The van der Waals surface area contributed by atoms with E-state index >= 15 is 0 Å². The van der Waals surface area contributed by atoms with Crippen LogP contribution in [0, 0.1) is 0 Å². The normalized spacial score (nSPS) is 15.1. The van der Waals surface area contributed by atoms with Gasteiger partial charge < -0.3 is 10.2 Å². The maximum absolute atomic E-state index is 12.5. The maximum atomic E-state index is 12.5. The minimum atomic E-state index is -0.225. The third-order valence-electron chi connectivity index (χ3n) is 4.06. The molecule has 1 aliphatic rings. The predicted octanol–water partition coefficient (Wildman–Crippen LogP) is 2.93. The van der Waals surface area contributed by atoms with Gasteiger partial charge in [-0.3, -0.25) is 9.69 Å². The maximum Gasteiger partial charge on any atom is 0.344 e. The van der Waals surface area contributed by atoms with E-state index in [2.05, 4.69) is 15.3 Å². The Kier molecular flexibility index (Phi) is 5.80. The highest BCUT2D eigenvalue weighted by atomic mass is 35.5. The molecule has 0 spiro atoms. The average molecular weight is 396 g/mol. The summed E-state index contributed by atoms with van der Waals surface area (Å²) >= 11 is 12.1. The molecule has 26 heavy (non-hydrogen) atoms. The molecule has 1 N–H and O–H groups in total. The fourth-order valence-electron chi connectivity index (χ4n) is 2.88. The largest absolute Gasteiger partial charge is 0.344 e. The van der Waals surface area contributed by atoms with Crippen molar-refractivity contribution in [3.63, 3.8) is 0 Å². The number of amides is 2. The number of hydrogen-bond donors (Lipinski definition) is 1. The van der Waals surface area contributed by atoms with Crippen molar-refractivity contribution in [2.75, 3.05) is 31.5 Å². The minimum absolute atomic E-state index is 0.202. The number of nitrogens with zero attached hydrogens (tertiary/aromatic N) is 4. The third kappa shape index (κ3) is 4.75. The van der Waals surface area contributed by atoms with Crippen LogP contribution in [0.4, 0.5) is 10.6 Å². The minimum Gasteiger partial charge on any atom is -0.320 e. The van der Waals surface area contributed by atoms with Gasteiger partial charge in [-0.25, -0.2) is 4.79 Å². The van der Waals surface area contributed by atoms with E-state index in [0.717, 1.165) is 25.2 Å². The van der Waals surface area contributed by atoms with Crippen molar-refractivity contribution in [1.82, 2.24) is 19.6 Å². The lowest BCUT2D eigenvalue weighted by Crippen LogP contribution is -2.49. The first kappa shape index (κ1) is 18.7. The molecule has 138 valence electrons. The first-order chi connectivity index (χ1) is 12.4. The Morgan fingerprint density at radius 3 is 2.38 bits per heavy atom. The number of rotatable bonds is 3. The van der Waals surface area contributed by atoms with E-state index in [-0.39, 0.29) is 11.9 Å². The van der Waals surface area contributed by atoms with E-state index < -0.39 is 0 Å². The van der Waals surface area contributed by atoms with E-state index in [4.69, 9.17) is 23.2 Å². The molecule has 2 aromatic rings. The van der Waals surface area contributed by atoms with Crippen molar-refractivity contribution in [3.8, 4) is 0 Å². The Balaban J connectivity index is 1.55. The first-order valence-electron chi connectivity index (χ1n) is 8.20. The number of halogens is 2. The van der Waals surface area contributed by atoms with Crippen LogP contribution < -0.4 is 5.32 Å². The molecular formula is C17H19Cl2N5O2. The van der Waals surface area contributed by atoms with Crippen molar-refractivity contribution in [1.29, 1.82) is 0 Å². The van der Waals surface area contributed by atoms with Gasteiger partial charge in [0, 0.05) is 62.0 Å². The fraction of sp³-hybridized carbons (Fsp3) is 0.353. The summed E-state index contributed by atoms with van der Waals surface area (Å²) in [4.78, 5) is 27.5. The van der Waals surface area contributed by atoms with E-state index in [9.17, 15) is 9.59 Å². The van der Waals surface area contributed by atoms with Gasteiger partial charge in [-0.15, -0.1) is 5.10 Å². The molecule has 9 heteroatoms. The van der Waals surface area contributed by atoms with Gasteiger partial charge in [0.05, 0.1) is 0 Å². The molecule has 7 nitrogen and oxygen atoms in total. The fourth-order valence-corrected chi connectivity index (χ4v) is 3.45. The van der Waals surface area contributed by atoms with Gasteiger partial charge in [0.15, 0.2) is 5.82 Å². The number of piperazine rings is 1. The standard InChI is InChI=1S/C17H19Cl2N5O2/c1-12(25)20-16-2-3-24(21-16)17(26)23-6-4-22(5-7-23)11-13-8-14(18)10-15(19)9-13/h2-3,8-10H,4-7,11H2,1H3,(H,20,21,25). The molecule has 3 rings (SSSR count). The predicted molar refractivity (Wildman–Crippen MR) is 101 cm³/mol. The van der Waals surface area contributed by atoms with E-state index in [1.807, 2.05) is 12.1 Å². The summed E-state index contributed by atoms with van der Waals surface area (Å²) in [5, 5.41) is 7.88. The number of carbonyl (C=O) groups is 2. The van der Waals surface area contributed by atoms with Gasteiger partial charge >= 0.3 is 6.03 Å². The number of carbonyl (C=O) groups excluding carboxylic acids is 2. The first-order valence-corrected chi connectivity index (χ1v) is 8.96. The second-order valence-corrected chi connectivity index (χ2v) is 7.02. The van der Waals surface area contributed by atoms with Gasteiger partial charge in [-0.2, -0.15) is 4.68 Å². The van der Waals surface area contributed by atoms with E-state index in [1.165, 1.54) is 11.6 Å². The second kappa shape index (κ2) is 8.07. The molecule has 2 heterocycles. The summed E-state index contributed by atoms with van der Waals surface area (Å²) in [7, 11) is 0. The number of anilines is 1. The van der Waals surface area contributed by atoms with Gasteiger partial charge in [0.2, 0.25) is 5.91 Å². The highest BCUT2D eigenvalue weighted by Crippen LogP contribution is 2.20. The zero-order valence-corrected chi connectivity index (χ0v) is 15.8. The van der Waals surface area contributed by atoms with Crippen molar-refractivity contribution in [2.24, 2.45) is 0 Å². The van der Waals surface area contributed by atoms with Gasteiger partial charge in [-0.05, 0) is 23.8 Å². The zero-order valence-electron chi connectivity index (χ0n) is 14.3. The zero-order chi connectivity index (χ0) is 18.7. The van der Waals surface area contributed by atoms with E-state index in [0.29, 0.717) is 29.0 Å². The summed E-state index contributed by atoms with van der Waals surface area (Å²) in [6.07, 6.45) is 1.55. The summed E-state index contributed by atoms with van der Waals surface area (Å²) in [5.41, 5.74) is 1.05. The molecule has 0 radical (unpaired) electrons. The number of hydrogen-bond acceptors (Lipinski definition) is 4. The monoisotopic (exact) mass is 395 g/mol. The van der Waals surface area contributed by atoms with Crippen LogP contribution >= 0.6 is 23.2 Å². The summed E-state index contributed by atoms with van der Waals surface area (Å²) in [6.45, 7) is 4.82. The topological polar surface area (TPSA) is 70.5 Å². The molecule has 0 atom stereocenters. The highest BCUT2D eigenvalue weighted by molar-refractivity contribution is 6.34. The molecule has 1 aromatic heterocycles. The molecule has 1 aromatic carbocycles. The highest BCUT2D eigenvalue weighted by Gasteiger charge is 2.23. The smallest absolute Gasteiger partial charge is 0.320 e. The average Bonchev–Trinajstić information content (AvgIpc) is 3.01. The summed E-state index contributed by atoms with van der Waals surface area (Å²) in [6, 6.07) is 6.91. The lowest BCUT2D eigenvalue weighted by atomic mass is 10.2. The third-order valence-corrected chi connectivity index (χ3v) is 4.50. The van der Waals surface area contributed by atoms with Crippen molar-refractivity contribution < 1.29 is 9.59 Å². The molecule has 0 saturated carbocycles. The van der Waals surface area contributed by atoms with Crippen LogP contribution in [0.2, 0.25) is 10.0 Å². The molecular weight excluding hydrogens is 377 g/mol. The number of nitrogens with one attached hydrogen (secondary N) is 1. The molecule has 0 unspecified atom stereocenters. The SMILES string of the molecule is CC(=O)Nc1ccn(C(=O)N2CCN(Cc3cc(Cl)cc(Cl)c3)CC2)n1. The Bertz CT molecular complexity index is 795. The molecule has 0 bridgehead atoms. The van der Waals surface area contributed by atoms with E-state index in [1.54, 1.807) is 23.2 Å². The van der Waals surface area contributed by atoms with Gasteiger partial charge in [0.25, 0.3) is 0 Å². The second-order valence-electron chi connectivity index (χ2n) is 6.15. The Morgan fingerprint density at radius 2 is 1.77 bits per heavy atom. The van der Waals surface area contributed by atoms with Crippen LogP contribution in [0.25, 0.3) is 0 Å². The van der Waals surface area contributed by atoms with Crippen LogP contribution in [-0.2, 0) is 11.3 Å². The number of aromatic nitrogens is 2. The van der Waals surface area contributed by atoms with Crippen LogP contribution in [0.3, 0.4) is 0 Å². The molecule has 2 amide bonds. The van der Waals surface area contributed by atoms with Crippen molar-refractivity contribution >= 4 is 41.0 Å².